The molecule has 2 atom stereocenters. The molecular formula is C11H24N2O. The largest absolute Gasteiger partial charge is 0.383 e. The molecule has 0 amide bonds. The molecule has 1 aliphatic rings. The number of hydrogen-bond acceptors (Lipinski definition) is 3. The smallest absolute Gasteiger partial charge is 0.0615 e. The molecular weight excluding hydrogens is 176 g/mol. The fourth-order valence-corrected chi connectivity index (χ4v) is 2.14. The van der Waals surface area contributed by atoms with Crippen molar-refractivity contribution in [3.05, 3.63) is 0 Å². The molecule has 1 saturated heterocycles. The Morgan fingerprint density at radius 1 is 1.57 bits per heavy atom. The van der Waals surface area contributed by atoms with Gasteiger partial charge in [-0.2, -0.15) is 0 Å². The fourth-order valence-electron chi connectivity index (χ4n) is 2.14. The van der Waals surface area contributed by atoms with Gasteiger partial charge in [-0.1, -0.05) is 0 Å². The molecule has 1 rings (SSSR count). The molecule has 1 fully saturated rings. The summed E-state index contributed by atoms with van der Waals surface area (Å²) in [6, 6.07) is 1.12. The first kappa shape index (κ1) is 12.0. The molecule has 0 radical (unpaired) electrons. The molecule has 0 bridgehead atoms. The summed E-state index contributed by atoms with van der Waals surface area (Å²) < 4.78 is 5.21. The summed E-state index contributed by atoms with van der Waals surface area (Å²) in [5.41, 5.74) is 0.231. The molecule has 0 aromatic carbocycles. The van der Waals surface area contributed by atoms with E-state index in [1.165, 1.54) is 0 Å². The van der Waals surface area contributed by atoms with Crippen LogP contribution in [0, 0.1) is 0 Å². The van der Waals surface area contributed by atoms with E-state index in [2.05, 4.69) is 37.9 Å². The maximum atomic E-state index is 5.21. The predicted octanol–water partition coefficient (Wildman–Crippen LogP) is 1.09. The Labute approximate surface area is 87.8 Å². The summed E-state index contributed by atoms with van der Waals surface area (Å²) in [6.07, 6.45) is 0. The van der Waals surface area contributed by atoms with E-state index in [4.69, 9.17) is 4.74 Å². The quantitative estimate of drug-likeness (QED) is 0.738. The number of rotatable bonds is 3. The highest BCUT2D eigenvalue weighted by Gasteiger charge is 2.32. The zero-order valence-electron chi connectivity index (χ0n) is 10.1. The second-order valence-corrected chi connectivity index (χ2v) is 5.09. The second-order valence-electron chi connectivity index (χ2n) is 5.09. The van der Waals surface area contributed by atoms with Gasteiger partial charge in [0.15, 0.2) is 0 Å². The van der Waals surface area contributed by atoms with Crippen LogP contribution in [0.1, 0.15) is 27.7 Å². The Bertz CT molecular complexity index is 182. The standard InChI is InChI=1S/C11H24N2O/c1-9-6-12-11(3,4)8-13(9)10(2)7-14-5/h9-10,12H,6-8H2,1-5H3. The molecule has 0 aromatic heterocycles. The van der Waals surface area contributed by atoms with Crippen LogP contribution in [-0.4, -0.2) is 49.3 Å². The van der Waals surface area contributed by atoms with Crippen molar-refractivity contribution in [1.82, 2.24) is 10.2 Å². The first-order valence-corrected chi connectivity index (χ1v) is 5.46. The van der Waals surface area contributed by atoms with E-state index < -0.39 is 0 Å². The maximum Gasteiger partial charge on any atom is 0.0615 e. The van der Waals surface area contributed by atoms with Crippen LogP contribution in [0.25, 0.3) is 0 Å². The van der Waals surface area contributed by atoms with E-state index >= 15 is 0 Å². The molecule has 84 valence electrons. The van der Waals surface area contributed by atoms with Gasteiger partial charge >= 0.3 is 0 Å². The molecule has 1 aliphatic heterocycles. The van der Waals surface area contributed by atoms with Crippen LogP contribution in [-0.2, 0) is 4.74 Å². The van der Waals surface area contributed by atoms with Gasteiger partial charge in [-0.15, -0.1) is 0 Å². The zero-order valence-corrected chi connectivity index (χ0v) is 10.1. The predicted molar refractivity (Wildman–Crippen MR) is 59.6 cm³/mol. The minimum Gasteiger partial charge on any atom is -0.383 e. The van der Waals surface area contributed by atoms with Crippen LogP contribution >= 0.6 is 0 Å². The Balaban J connectivity index is 2.56. The Morgan fingerprint density at radius 2 is 2.21 bits per heavy atom. The van der Waals surface area contributed by atoms with E-state index in [0.29, 0.717) is 12.1 Å². The maximum absolute atomic E-state index is 5.21. The van der Waals surface area contributed by atoms with Gasteiger partial charge in [-0.3, -0.25) is 4.90 Å². The molecule has 1 heterocycles. The molecule has 3 nitrogen and oxygen atoms in total. The van der Waals surface area contributed by atoms with Gasteiger partial charge in [-0.05, 0) is 27.7 Å². The summed E-state index contributed by atoms with van der Waals surface area (Å²) in [4.78, 5) is 2.53. The molecule has 2 unspecified atom stereocenters. The summed E-state index contributed by atoms with van der Waals surface area (Å²) in [5, 5.41) is 3.55. The van der Waals surface area contributed by atoms with Crippen molar-refractivity contribution in [3.63, 3.8) is 0 Å². The third-order valence-electron chi connectivity index (χ3n) is 2.99. The average Bonchev–Trinajstić information content (AvgIpc) is 2.10. The number of piperazine rings is 1. The minimum absolute atomic E-state index is 0.231. The molecule has 3 heteroatoms. The number of nitrogens with one attached hydrogen (secondary N) is 1. The van der Waals surface area contributed by atoms with Gasteiger partial charge in [0.25, 0.3) is 0 Å². The highest BCUT2D eigenvalue weighted by atomic mass is 16.5. The lowest BCUT2D eigenvalue weighted by Crippen LogP contribution is -2.63. The number of nitrogens with zero attached hydrogens (tertiary/aromatic N) is 1. The van der Waals surface area contributed by atoms with Gasteiger partial charge in [0.2, 0.25) is 0 Å². The van der Waals surface area contributed by atoms with Crippen LogP contribution < -0.4 is 5.32 Å². The highest BCUT2D eigenvalue weighted by Crippen LogP contribution is 2.17. The van der Waals surface area contributed by atoms with E-state index in [0.717, 1.165) is 19.7 Å². The normalized spacial score (nSPS) is 30.2. The molecule has 0 aromatic rings. The molecule has 0 aliphatic carbocycles. The van der Waals surface area contributed by atoms with Crippen molar-refractivity contribution in [2.75, 3.05) is 26.8 Å². The Hall–Kier alpha value is -0.120. The van der Waals surface area contributed by atoms with Gasteiger partial charge in [0.05, 0.1) is 6.61 Å². The lowest BCUT2D eigenvalue weighted by atomic mass is 9.98. The third kappa shape index (κ3) is 2.94. The van der Waals surface area contributed by atoms with Gasteiger partial charge in [-0.25, -0.2) is 0 Å². The van der Waals surface area contributed by atoms with Crippen molar-refractivity contribution in [2.24, 2.45) is 0 Å². The molecule has 1 N–H and O–H groups in total. The average molecular weight is 200 g/mol. The van der Waals surface area contributed by atoms with E-state index in [1.54, 1.807) is 7.11 Å². The van der Waals surface area contributed by atoms with Crippen molar-refractivity contribution in [3.8, 4) is 0 Å². The summed E-state index contributed by atoms with van der Waals surface area (Å²) >= 11 is 0. The first-order valence-electron chi connectivity index (χ1n) is 5.46. The number of hydrogen-bond donors (Lipinski definition) is 1. The Morgan fingerprint density at radius 3 is 2.79 bits per heavy atom. The highest BCUT2D eigenvalue weighted by molar-refractivity contribution is 4.92. The number of methoxy groups -OCH3 is 1. The molecule has 14 heavy (non-hydrogen) atoms. The zero-order chi connectivity index (χ0) is 10.8. The van der Waals surface area contributed by atoms with Crippen molar-refractivity contribution in [1.29, 1.82) is 0 Å². The van der Waals surface area contributed by atoms with Crippen molar-refractivity contribution >= 4 is 0 Å². The van der Waals surface area contributed by atoms with E-state index in [9.17, 15) is 0 Å². The van der Waals surface area contributed by atoms with Crippen LogP contribution in [0.2, 0.25) is 0 Å². The van der Waals surface area contributed by atoms with Crippen LogP contribution in [0.3, 0.4) is 0 Å². The molecule has 0 saturated carbocycles. The van der Waals surface area contributed by atoms with E-state index in [-0.39, 0.29) is 5.54 Å². The first-order chi connectivity index (χ1) is 6.46. The minimum atomic E-state index is 0.231. The molecule has 0 spiro atoms. The lowest BCUT2D eigenvalue weighted by Gasteiger charge is -2.46. The van der Waals surface area contributed by atoms with Gasteiger partial charge in [0, 0.05) is 37.8 Å². The van der Waals surface area contributed by atoms with E-state index in [1.807, 2.05) is 0 Å². The van der Waals surface area contributed by atoms with Crippen LogP contribution in [0.5, 0.6) is 0 Å². The third-order valence-corrected chi connectivity index (χ3v) is 2.99. The topological polar surface area (TPSA) is 24.5 Å². The SMILES string of the molecule is COCC(C)N1CC(C)(C)NCC1C. The Kier molecular flexibility index (Phi) is 3.93. The fraction of sp³-hybridized carbons (Fsp3) is 1.00. The van der Waals surface area contributed by atoms with Crippen molar-refractivity contribution in [2.45, 2.75) is 45.3 Å². The second kappa shape index (κ2) is 4.60. The van der Waals surface area contributed by atoms with Crippen LogP contribution in [0.4, 0.5) is 0 Å². The summed E-state index contributed by atoms with van der Waals surface area (Å²) in [5.74, 6) is 0. The number of ether oxygens (including phenoxy) is 1. The summed E-state index contributed by atoms with van der Waals surface area (Å²) in [6.45, 7) is 12.0. The summed E-state index contributed by atoms with van der Waals surface area (Å²) in [7, 11) is 1.77. The monoisotopic (exact) mass is 200 g/mol. The van der Waals surface area contributed by atoms with Crippen LogP contribution in [0.15, 0.2) is 0 Å². The van der Waals surface area contributed by atoms with Crippen molar-refractivity contribution < 1.29 is 4.74 Å². The lowest BCUT2D eigenvalue weighted by molar-refractivity contribution is 0.0299. The van der Waals surface area contributed by atoms with Gasteiger partial charge < -0.3 is 10.1 Å². The van der Waals surface area contributed by atoms with Gasteiger partial charge in [0.1, 0.15) is 0 Å².